The molecule has 0 radical (unpaired) electrons. The second kappa shape index (κ2) is 24.0. The molecule has 10 bridgehead atoms. The molecule has 8 aromatic rings. The molecule has 466 valence electrons. The van der Waals surface area contributed by atoms with Crippen molar-refractivity contribution in [1.82, 2.24) is 10.3 Å². The van der Waals surface area contributed by atoms with Gasteiger partial charge in [-0.2, -0.15) is 0 Å². The fraction of sp³-hybridized carbons (Fsp3) is 0.333. The quantitative estimate of drug-likeness (QED) is 0.0387. The normalized spacial score (nSPS) is 25.9. The first-order valence-electron chi connectivity index (χ1n) is 32.5. The molecule has 2 aromatic heterocycles. The SMILES string of the molecule is COc1c2c(c3oc(-c4ccc(O)cc4)cc(=O)c3c1OCC[C@@H](O)/C=C/c1ccccc1)[C@@H]1C#C[C@@H]3NCCN4c5[nH]c(cc5-c5cccc(c5)C1)[C@]1(C)CCC[C@H]1CC#C[C@H]1[C@H]5C=Cc6ccccc6[C@H]5C[C@@]1(c1ccc(c(N=C(N)N)c1)C[C@@H](CO)CO2)[C@@H]34. The van der Waals surface area contributed by atoms with Crippen molar-refractivity contribution in [2.45, 2.75) is 99.1 Å². The number of aliphatic hydroxyl groups excluding tert-OH is 2. The molecule has 5 aliphatic heterocycles. The lowest BCUT2D eigenvalue weighted by molar-refractivity contribution is 0.156. The van der Waals surface area contributed by atoms with Gasteiger partial charge in [0.25, 0.3) is 0 Å². The van der Waals surface area contributed by atoms with Crippen molar-refractivity contribution in [3.05, 3.63) is 200 Å². The summed E-state index contributed by atoms with van der Waals surface area (Å²) >= 11 is 0. The van der Waals surface area contributed by atoms with E-state index in [-0.39, 0.29) is 95.1 Å². The zero-order valence-corrected chi connectivity index (χ0v) is 51.8. The summed E-state index contributed by atoms with van der Waals surface area (Å²) < 4.78 is 27.8. The molecule has 1 saturated heterocycles. The van der Waals surface area contributed by atoms with E-state index in [2.05, 4.69) is 131 Å². The number of aromatic hydroxyl groups is 1. The molecule has 3 aliphatic carbocycles. The van der Waals surface area contributed by atoms with Gasteiger partial charge in [-0.15, -0.1) is 5.92 Å². The molecule has 6 aromatic carbocycles. The number of rotatable bonds is 10. The Kier molecular flexibility index (Phi) is 15.4. The maximum absolute atomic E-state index is 15.5. The lowest BCUT2D eigenvalue weighted by Crippen LogP contribution is -2.67. The Hall–Kier alpha value is -9.44. The van der Waals surface area contributed by atoms with E-state index in [4.69, 9.17) is 35.1 Å². The number of nitrogens with zero attached hydrogens (tertiary/aromatic N) is 2. The van der Waals surface area contributed by atoms with Crippen LogP contribution in [-0.2, 0) is 23.7 Å². The largest absolute Gasteiger partial charge is 0.508 e. The average Bonchev–Trinajstić information content (AvgIpc) is 1.49. The number of fused-ring (bicyclic) bond motifs is 16. The number of allylic oxidation sites excluding steroid dienone is 1. The molecule has 16 rings (SSSR count). The van der Waals surface area contributed by atoms with Gasteiger partial charge >= 0.3 is 0 Å². The van der Waals surface area contributed by atoms with Gasteiger partial charge < -0.3 is 60.6 Å². The van der Waals surface area contributed by atoms with Gasteiger partial charge in [0, 0.05) is 78.1 Å². The molecule has 92 heavy (non-hydrogen) atoms. The maximum atomic E-state index is 15.5. The van der Waals surface area contributed by atoms with Crippen molar-refractivity contribution in [1.29, 1.82) is 0 Å². The maximum Gasteiger partial charge on any atom is 0.204 e. The number of benzene rings is 6. The highest BCUT2D eigenvalue weighted by Gasteiger charge is 2.62. The Bertz CT molecular complexity index is 4470. The number of aromatic nitrogens is 1. The van der Waals surface area contributed by atoms with Crippen LogP contribution in [0.3, 0.4) is 0 Å². The van der Waals surface area contributed by atoms with E-state index >= 15 is 4.79 Å². The number of nitrogens with one attached hydrogen (secondary N) is 2. The van der Waals surface area contributed by atoms with Gasteiger partial charge in [0.2, 0.25) is 5.75 Å². The van der Waals surface area contributed by atoms with Gasteiger partial charge in [-0.05, 0) is 125 Å². The highest BCUT2D eigenvalue weighted by molar-refractivity contribution is 5.94. The third kappa shape index (κ3) is 10.3. The monoisotopic (exact) mass is 1220 g/mol. The van der Waals surface area contributed by atoms with Crippen LogP contribution in [0.5, 0.6) is 23.0 Å². The topological polar surface area (TPSA) is 214 Å². The van der Waals surface area contributed by atoms with Crippen LogP contribution in [0.2, 0.25) is 0 Å². The van der Waals surface area contributed by atoms with E-state index in [0.29, 0.717) is 48.7 Å². The second-order valence-electron chi connectivity index (χ2n) is 26.4. The number of guanidine groups is 1. The average molecular weight is 1230 g/mol. The Morgan fingerprint density at radius 2 is 1.78 bits per heavy atom. The molecule has 8 aliphatic rings. The van der Waals surface area contributed by atoms with E-state index in [1.807, 2.05) is 36.4 Å². The molecule has 11 atom stereocenters. The van der Waals surface area contributed by atoms with E-state index in [0.717, 1.165) is 71.3 Å². The van der Waals surface area contributed by atoms with Crippen LogP contribution in [0.1, 0.15) is 102 Å². The lowest BCUT2D eigenvalue weighted by atomic mass is 9.62. The number of aliphatic hydroxyl groups is 2. The summed E-state index contributed by atoms with van der Waals surface area (Å²) in [5, 5.41) is 37.7. The number of methoxy groups -OCH3 is 1. The van der Waals surface area contributed by atoms with Gasteiger partial charge in [-0.1, -0.05) is 146 Å². The highest BCUT2D eigenvalue weighted by Crippen LogP contribution is 2.63. The fourth-order valence-electron chi connectivity index (χ4n) is 16.6. The Morgan fingerprint density at radius 3 is 2.62 bits per heavy atom. The number of hydrogen-bond donors (Lipinski definition) is 7. The minimum Gasteiger partial charge on any atom is -0.508 e. The number of aliphatic imine (C=N–C) groups is 1. The first-order chi connectivity index (χ1) is 44.9. The third-order valence-corrected chi connectivity index (χ3v) is 21.2. The van der Waals surface area contributed by atoms with E-state index < -0.39 is 40.9 Å². The second-order valence-corrected chi connectivity index (χ2v) is 26.4. The molecule has 2 saturated carbocycles. The summed E-state index contributed by atoms with van der Waals surface area (Å²) in [4.78, 5) is 27.3. The van der Waals surface area contributed by atoms with Gasteiger partial charge in [0.1, 0.15) is 22.7 Å². The molecule has 1 spiro atoms. The van der Waals surface area contributed by atoms with Crippen LogP contribution in [0.25, 0.3) is 45.6 Å². The number of hydrogen-bond acceptors (Lipinski definition) is 11. The summed E-state index contributed by atoms with van der Waals surface area (Å²) in [6.07, 6.45) is 12.9. The minimum absolute atomic E-state index is 0.0178. The summed E-state index contributed by atoms with van der Waals surface area (Å²) in [6.45, 7) is 3.32. The predicted molar refractivity (Wildman–Crippen MR) is 361 cm³/mol. The fourth-order valence-corrected chi connectivity index (χ4v) is 16.6. The number of ether oxygens (including phenoxy) is 3. The highest BCUT2D eigenvalue weighted by atomic mass is 16.5. The molecule has 9 N–H and O–H groups in total. The van der Waals surface area contributed by atoms with Crippen molar-refractivity contribution < 1.29 is 33.9 Å². The van der Waals surface area contributed by atoms with Gasteiger partial charge in [-0.3, -0.25) is 4.79 Å². The summed E-state index contributed by atoms with van der Waals surface area (Å²) in [7, 11) is 1.52. The van der Waals surface area contributed by atoms with Crippen LogP contribution in [-0.4, -0.2) is 84.5 Å². The number of phenols is 1. The molecule has 0 unspecified atom stereocenters. The van der Waals surface area contributed by atoms with E-state index in [1.54, 1.807) is 30.3 Å². The zero-order chi connectivity index (χ0) is 62.8. The Balaban J connectivity index is 1.03. The molecule has 0 amide bonds. The first kappa shape index (κ1) is 58.9. The number of aromatic amines is 1. The third-order valence-electron chi connectivity index (χ3n) is 21.2. The molecular weight excluding hydrogens is 1150 g/mol. The van der Waals surface area contributed by atoms with Gasteiger partial charge in [0.15, 0.2) is 28.5 Å². The van der Waals surface area contributed by atoms with Crippen LogP contribution < -0.4 is 41.3 Å². The van der Waals surface area contributed by atoms with Gasteiger partial charge in [0.05, 0.1) is 55.7 Å². The molecule has 3 fully saturated rings. The molecule has 14 nitrogen and oxygen atoms in total. The van der Waals surface area contributed by atoms with Crippen LogP contribution in [0.15, 0.2) is 160 Å². The van der Waals surface area contributed by atoms with Crippen LogP contribution >= 0.6 is 0 Å². The van der Waals surface area contributed by atoms with Crippen molar-refractivity contribution in [3.8, 4) is 69.1 Å². The van der Waals surface area contributed by atoms with E-state index in [1.165, 1.54) is 30.0 Å². The van der Waals surface area contributed by atoms with Crippen molar-refractivity contribution in [3.63, 3.8) is 0 Å². The number of piperazine rings is 1. The van der Waals surface area contributed by atoms with Gasteiger partial charge in [-0.25, -0.2) is 4.99 Å². The number of H-pyrrole nitrogens is 1. The molecule has 7 heterocycles. The molecule has 14 heteroatoms. The number of nitrogens with two attached hydrogens (primary N) is 2. The van der Waals surface area contributed by atoms with Crippen molar-refractivity contribution in [2.24, 2.45) is 40.1 Å². The van der Waals surface area contributed by atoms with Crippen LogP contribution in [0, 0.1) is 47.4 Å². The zero-order valence-electron chi connectivity index (χ0n) is 51.8. The van der Waals surface area contributed by atoms with Crippen LogP contribution in [0.4, 0.5) is 11.5 Å². The predicted octanol–water partition coefficient (Wildman–Crippen LogP) is 11.8. The minimum atomic E-state index is -0.906. The smallest absolute Gasteiger partial charge is 0.204 e. The Labute approximate surface area is 536 Å². The first-order valence-corrected chi connectivity index (χ1v) is 32.5. The number of anilines is 1. The summed E-state index contributed by atoms with van der Waals surface area (Å²) in [6, 6.07) is 43.4. The summed E-state index contributed by atoms with van der Waals surface area (Å²) in [5.74, 6) is 16.7. The van der Waals surface area contributed by atoms with Crippen molar-refractivity contribution >= 4 is 40.6 Å². The standard InChI is InChI=1S/C78H76N6O8/c1-77-33-10-17-54(77)16-9-19-62-59-30-24-49-14-6-7-18-58(49)61(59)43-78(62)55-26-21-52(64(40-55)82-76(79)80)39-48(44-85)45-91-71-68(53-25-31-63-74(78)84(35-34-81-63)75-60(41-67(77)83-75)51-15-8-13-47(37-51)38-53)70-69(65(88)42-66(92-70)50-22-28-56(86)29-23-50)72(73(71)89-2)90-36-32-57(87)27-20-46-11-4-3-5-12-46/h3-8,11-15,18,20-24,26-30,37,40-42,48,53-54,57,59,61-63,74,81,83,85-87H,10,16-17,32-36,38-39,43-45H2,1-2H3,(H4,79,80,82)/b27-20+/t48-,53+,54+,57-,59-,61+,62-,63-,74+,77+,78-/m0/s1. The molecular formula is C78H76N6O8. The van der Waals surface area contributed by atoms with E-state index in [9.17, 15) is 15.3 Å². The number of phenolic OH excluding ortho intramolecular Hbond substituents is 1. The Morgan fingerprint density at radius 1 is 0.935 bits per heavy atom. The lowest BCUT2D eigenvalue weighted by Gasteiger charge is -2.53. The van der Waals surface area contributed by atoms with Crippen molar-refractivity contribution in [2.75, 3.05) is 44.9 Å². The summed E-state index contributed by atoms with van der Waals surface area (Å²) in [5.41, 5.74) is 23.0.